The second-order valence-corrected chi connectivity index (χ2v) is 18.6. The summed E-state index contributed by atoms with van der Waals surface area (Å²) in [6.07, 6.45) is 3.12. The molecule has 0 aliphatic rings. The Balaban J connectivity index is 0.596. The molecule has 0 amide bonds. The summed E-state index contributed by atoms with van der Waals surface area (Å²) in [5, 5.41) is 8.29. The van der Waals surface area contributed by atoms with E-state index in [1.807, 2.05) is 24.3 Å². The van der Waals surface area contributed by atoms with Gasteiger partial charge in [0.15, 0.2) is 0 Å². The molecule has 76 heavy (non-hydrogen) atoms. The minimum absolute atomic E-state index is 0.368. The molecule has 2 aromatic heterocycles. The fraction of sp³-hybridized carbons (Fsp3) is 0.419. The maximum atomic E-state index is 6.17. The Morgan fingerprint density at radius 1 is 0.329 bits per heavy atom. The van der Waals surface area contributed by atoms with Crippen molar-refractivity contribution in [3.8, 4) is 33.8 Å². The average molecular weight is 1040 g/mol. The molecule has 0 radical (unpaired) electrons. The summed E-state index contributed by atoms with van der Waals surface area (Å²) in [5.74, 6) is 3.53. The van der Waals surface area contributed by atoms with E-state index in [0.29, 0.717) is 119 Å². The van der Waals surface area contributed by atoms with Crippen LogP contribution in [0.4, 0.5) is 0 Å². The largest absolute Gasteiger partial charge is 0.493 e. The fourth-order valence-corrected chi connectivity index (χ4v) is 8.46. The van der Waals surface area contributed by atoms with Crippen molar-refractivity contribution in [2.24, 2.45) is 0 Å². The summed E-state index contributed by atoms with van der Waals surface area (Å²) >= 11 is 0. The van der Waals surface area contributed by atoms with Crippen LogP contribution in [0.25, 0.3) is 22.3 Å². The van der Waals surface area contributed by atoms with Crippen LogP contribution in [0.5, 0.6) is 11.5 Å². The van der Waals surface area contributed by atoms with Crippen LogP contribution in [0.1, 0.15) is 69.1 Å². The summed E-state index contributed by atoms with van der Waals surface area (Å²) in [7, 11) is 0. The van der Waals surface area contributed by atoms with Gasteiger partial charge in [0.1, 0.15) is 34.4 Å². The van der Waals surface area contributed by atoms with E-state index in [1.54, 1.807) is 0 Å². The summed E-state index contributed by atoms with van der Waals surface area (Å²) in [6.45, 7) is 17.1. The lowest BCUT2D eigenvalue weighted by atomic mass is 10.00. The zero-order valence-corrected chi connectivity index (χ0v) is 44.9. The van der Waals surface area contributed by atoms with Gasteiger partial charge >= 0.3 is 0 Å². The minimum atomic E-state index is 0.368. The number of rotatable bonds is 38. The van der Waals surface area contributed by atoms with Gasteiger partial charge in [-0.05, 0) is 120 Å². The van der Waals surface area contributed by atoms with Crippen molar-refractivity contribution >= 4 is 0 Å². The normalized spacial score (nSPS) is 11.4. The first-order valence-electron chi connectivity index (χ1n) is 26.6. The Bertz CT molecular complexity index is 2460. The second kappa shape index (κ2) is 33.1. The first-order valence-corrected chi connectivity index (χ1v) is 26.6. The van der Waals surface area contributed by atoms with E-state index >= 15 is 0 Å². The molecule has 0 N–H and O–H groups in total. The lowest BCUT2D eigenvalue weighted by Gasteiger charge is -2.14. The zero-order valence-electron chi connectivity index (χ0n) is 44.9. The third-order valence-corrected chi connectivity index (χ3v) is 12.3. The van der Waals surface area contributed by atoms with Gasteiger partial charge in [-0.15, -0.1) is 0 Å². The number of aromatic nitrogens is 2. The Labute approximate surface area is 448 Å². The van der Waals surface area contributed by atoms with Gasteiger partial charge < -0.3 is 56.4 Å². The summed E-state index contributed by atoms with van der Waals surface area (Å²) in [6, 6.07) is 41.6. The third-order valence-electron chi connectivity index (χ3n) is 12.3. The molecule has 0 saturated heterocycles. The highest BCUT2D eigenvalue weighted by molar-refractivity contribution is 5.68. The second-order valence-electron chi connectivity index (χ2n) is 18.6. The molecule has 5 aromatic carbocycles. The quantitative estimate of drug-likeness (QED) is 0.0339. The minimum Gasteiger partial charge on any atom is -0.493 e. The van der Waals surface area contributed by atoms with Gasteiger partial charge in [0.2, 0.25) is 0 Å². The van der Waals surface area contributed by atoms with Crippen molar-refractivity contribution in [3.63, 3.8) is 0 Å². The molecule has 0 aliphatic heterocycles. The molecule has 7 aromatic rings. The monoisotopic (exact) mass is 1040 g/mol. The number of hydrogen-bond donors (Lipinski definition) is 0. The predicted octanol–water partition coefficient (Wildman–Crippen LogP) is 11.8. The lowest BCUT2D eigenvalue weighted by molar-refractivity contribution is -0.00691. The average Bonchev–Trinajstić information content (AvgIpc) is 4.11. The predicted molar refractivity (Wildman–Crippen MR) is 292 cm³/mol. The van der Waals surface area contributed by atoms with Crippen LogP contribution in [-0.2, 0) is 77.2 Å². The molecule has 0 fully saturated rings. The molecule has 0 saturated carbocycles. The van der Waals surface area contributed by atoms with E-state index in [0.717, 1.165) is 93.5 Å². The van der Waals surface area contributed by atoms with Crippen LogP contribution in [-0.4, -0.2) is 103 Å². The van der Waals surface area contributed by atoms with Crippen molar-refractivity contribution in [1.82, 2.24) is 10.3 Å². The van der Waals surface area contributed by atoms with Crippen molar-refractivity contribution in [3.05, 3.63) is 178 Å². The Morgan fingerprint density at radius 2 is 0.645 bits per heavy atom. The van der Waals surface area contributed by atoms with Gasteiger partial charge in [0.25, 0.3) is 0 Å². The van der Waals surface area contributed by atoms with Crippen molar-refractivity contribution in [1.29, 1.82) is 0 Å². The topological polar surface area (TPSA) is 144 Å². The van der Waals surface area contributed by atoms with E-state index in [1.165, 1.54) is 22.3 Å². The Kier molecular flexibility index (Phi) is 25.0. The van der Waals surface area contributed by atoms with Gasteiger partial charge in [0.05, 0.1) is 119 Å². The van der Waals surface area contributed by atoms with Gasteiger partial charge in [-0.3, -0.25) is 0 Å². The number of aryl methyl sites for hydroxylation is 6. The summed E-state index contributed by atoms with van der Waals surface area (Å²) in [4.78, 5) is 0. The number of benzene rings is 5. The van der Waals surface area contributed by atoms with E-state index in [2.05, 4.69) is 135 Å². The van der Waals surface area contributed by atoms with Crippen LogP contribution in [0.3, 0.4) is 0 Å². The SMILES string of the molecule is Cc1cc(-c2ccccc2)cc(C)c1OCCCc1cc(COCCOCCOCCOCc2ccc(COCCOCCOCCOCc3cc(CCCOc4c(C)cc(-c5ccccc5)cc4C)on3)cc2)no1. The van der Waals surface area contributed by atoms with Crippen LogP contribution in [0.15, 0.2) is 130 Å². The summed E-state index contributed by atoms with van der Waals surface area (Å²) in [5.41, 5.74) is 13.0. The van der Waals surface area contributed by atoms with Crippen LogP contribution >= 0.6 is 0 Å². The zero-order chi connectivity index (χ0) is 52.8. The summed E-state index contributed by atoms with van der Waals surface area (Å²) < 4.78 is 69.0. The standard InChI is InChI=1S/C62H76N2O12/c1-47-37-55(53-13-7-5-8-14-53)38-48(2)61(47)73-23-11-17-59-41-57(63-75-59)45-71-35-31-67-27-25-65-29-33-69-43-51-19-21-52(22-20-51)44-70-34-30-66-26-28-68-32-36-72-46-58-42-60(76-64-58)18-12-24-74-62-49(3)39-56(40-50(62)4)54-15-9-6-10-16-54/h5-10,13-16,19-22,37-42H,11-12,17-18,23-36,43-46H2,1-4H3. The molecule has 0 atom stereocenters. The molecule has 0 spiro atoms. The molecule has 0 bridgehead atoms. The highest BCUT2D eigenvalue weighted by atomic mass is 16.6. The Hall–Kier alpha value is -6.20. The highest BCUT2D eigenvalue weighted by Gasteiger charge is 2.12. The van der Waals surface area contributed by atoms with E-state index in [4.69, 9.17) is 56.4 Å². The van der Waals surface area contributed by atoms with E-state index in [-0.39, 0.29) is 0 Å². The van der Waals surface area contributed by atoms with Gasteiger partial charge in [-0.1, -0.05) is 95.2 Å². The Morgan fingerprint density at radius 3 is 0.987 bits per heavy atom. The maximum Gasteiger partial charge on any atom is 0.137 e. The number of ether oxygens (including phenoxy) is 10. The molecule has 2 heterocycles. The van der Waals surface area contributed by atoms with Crippen LogP contribution < -0.4 is 9.47 Å². The maximum absolute atomic E-state index is 6.17. The van der Waals surface area contributed by atoms with Crippen LogP contribution in [0.2, 0.25) is 0 Å². The van der Waals surface area contributed by atoms with Gasteiger partial charge in [-0.2, -0.15) is 0 Å². The molecular weight excluding hydrogens is 965 g/mol. The first kappa shape index (κ1) is 57.5. The van der Waals surface area contributed by atoms with Gasteiger partial charge in [-0.25, -0.2) is 0 Å². The number of nitrogens with zero attached hydrogens (tertiary/aromatic N) is 2. The van der Waals surface area contributed by atoms with Crippen molar-refractivity contribution in [2.45, 2.75) is 79.8 Å². The van der Waals surface area contributed by atoms with Crippen LogP contribution in [0, 0.1) is 27.7 Å². The molecular formula is C62H76N2O12. The molecule has 14 heteroatoms. The van der Waals surface area contributed by atoms with E-state index < -0.39 is 0 Å². The molecule has 0 unspecified atom stereocenters. The highest BCUT2D eigenvalue weighted by Crippen LogP contribution is 2.32. The number of hydrogen-bond acceptors (Lipinski definition) is 14. The fourth-order valence-electron chi connectivity index (χ4n) is 8.46. The first-order chi connectivity index (χ1) is 37.4. The van der Waals surface area contributed by atoms with Crippen molar-refractivity contribution < 1.29 is 56.4 Å². The van der Waals surface area contributed by atoms with Crippen molar-refractivity contribution in [2.75, 3.05) is 92.5 Å². The molecule has 7 rings (SSSR count). The van der Waals surface area contributed by atoms with E-state index in [9.17, 15) is 0 Å². The lowest BCUT2D eigenvalue weighted by Crippen LogP contribution is -2.12. The molecule has 14 nitrogen and oxygen atoms in total. The molecule has 406 valence electrons. The third kappa shape index (κ3) is 20.4. The van der Waals surface area contributed by atoms with Gasteiger partial charge in [0, 0.05) is 25.0 Å². The smallest absolute Gasteiger partial charge is 0.137 e. The molecule has 0 aliphatic carbocycles.